The number of hydrogen-bond donors (Lipinski definition) is 0. The molecule has 0 saturated carbocycles. The number of nitriles is 1. The first kappa shape index (κ1) is 15.4. The summed E-state index contributed by atoms with van der Waals surface area (Å²) in [5, 5.41) is 8.66. The zero-order valence-electron chi connectivity index (χ0n) is 11.7. The van der Waals surface area contributed by atoms with Crippen LogP contribution >= 0.6 is 0 Å². The predicted molar refractivity (Wildman–Crippen MR) is 74.4 cm³/mol. The number of rotatable bonds is 4. The van der Waals surface area contributed by atoms with Crippen LogP contribution in [0.1, 0.15) is 18.1 Å². The van der Waals surface area contributed by atoms with Crippen molar-refractivity contribution in [3.63, 3.8) is 0 Å². The smallest absolute Gasteiger partial charge is 0.331 e. The van der Waals surface area contributed by atoms with Crippen LogP contribution in [0.5, 0.6) is 0 Å². The highest BCUT2D eigenvalue weighted by Gasteiger charge is 2.17. The molecule has 5 nitrogen and oxygen atoms in total. The van der Waals surface area contributed by atoms with Gasteiger partial charge in [-0.1, -0.05) is 12.1 Å². The molecule has 0 radical (unpaired) electrons. The summed E-state index contributed by atoms with van der Waals surface area (Å²) < 4.78 is 4.97. The van der Waals surface area contributed by atoms with Gasteiger partial charge in [-0.05, 0) is 30.7 Å². The maximum absolute atomic E-state index is 11.5. The fraction of sp³-hybridized carbons (Fsp3) is 0.267. The average molecular weight is 272 g/mol. The third-order valence-electron chi connectivity index (χ3n) is 2.53. The van der Waals surface area contributed by atoms with Crippen LogP contribution in [-0.2, 0) is 14.3 Å². The number of carbonyl (C=O) groups excluding carboxylic acids is 2. The van der Waals surface area contributed by atoms with E-state index < -0.39 is 12.1 Å². The van der Waals surface area contributed by atoms with Gasteiger partial charge in [0.05, 0.1) is 11.6 Å². The molecule has 1 atom stereocenters. The monoisotopic (exact) mass is 272 g/mol. The standard InChI is InChI=1S/C15H16N2O3/c1-11(15(19)17(2)3)20-14(18)9-8-12-4-6-13(10-16)7-5-12/h4-9,11H,1-3H3/b9-8+/t11-/m0/s1. The molecule has 0 aromatic heterocycles. The van der Waals surface area contributed by atoms with E-state index in [1.54, 1.807) is 44.4 Å². The Morgan fingerprint density at radius 3 is 2.40 bits per heavy atom. The fourth-order valence-corrected chi connectivity index (χ4v) is 1.46. The van der Waals surface area contributed by atoms with Crippen LogP contribution in [-0.4, -0.2) is 37.0 Å². The molecule has 5 heteroatoms. The molecule has 104 valence electrons. The van der Waals surface area contributed by atoms with Crippen LogP contribution in [0.25, 0.3) is 6.08 Å². The lowest BCUT2D eigenvalue weighted by molar-refractivity contribution is -0.153. The largest absolute Gasteiger partial charge is 0.449 e. The number of benzene rings is 1. The Morgan fingerprint density at radius 2 is 1.90 bits per heavy atom. The van der Waals surface area contributed by atoms with Crippen LogP contribution in [0.3, 0.4) is 0 Å². The molecule has 0 aliphatic rings. The fourth-order valence-electron chi connectivity index (χ4n) is 1.46. The zero-order valence-corrected chi connectivity index (χ0v) is 11.7. The summed E-state index contributed by atoms with van der Waals surface area (Å²) in [7, 11) is 3.19. The maximum Gasteiger partial charge on any atom is 0.331 e. The van der Waals surface area contributed by atoms with E-state index >= 15 is 0 Å². The molecule has 0 spiro atoms. The minimum Gasteiger partial charge on any atom is -0.449 e. The summed E-state index contributed by atoms with van der Waals surface area (Å²) in [6, 6.07) is 8.76. The molecule has 0 bridgehead atoms. The second kappa shape index (κ2) is 7.10. The second-order valence-corrected chi connectivity index (χ2v) is 4.38. The van der Waals surface area contributed by atoms with Gasteiger partial charge >= 0.3 is 5.97 Å². The van der Waals surface area contributed by atoms with Gasteiger partial charge in [0.25, 0.3) is 5.91 Å². The van der Waals surface area contributed by atoms with Crippen molar-refractivity contribution < 1.29 is 14.3 Å². The Morgan fingerprint density at radius 1 is 1.30 bits per heavy atom. The summed E-state index contributed by atoms with van der Waals surface area (Å²) in [6.07, 6.45) is 2.00. The van der Waals surface area contributed by atoms with Crippen molar-refractivity contribution in [1.82, 2.24) is 4.90 Å². The molecule has 1 rings (SSSR count). The topological polar surface area (TPSA) is 70.4 Å². The molecular formula is C15H16N2O3. The molecule has 0 unspecified atom stereocenters. The van der Waals surface area contributed by atoms with Gasteiger partial charge < -0.3 is 9.64 Å². The minimum absolute atomic E-state index is 0.273. The Bertz CT molecular complexity index is 553. The van der Waals surface area contributed by atoms with Crippen LogP contribution in [0.2, 0.25) is 0 Å². The molecule has 0 aliphatic heterocycles. The summed E-state index contributed by atoms with van der Waals surface area (Å²) >= 11 is 0. The van der Waals surface area contributed by atoms with E-state index in [1.165, 1.54) is 17.9 Å². The Balaban J connectivity index is 2.59. The van der Waals surface area contributed by atoms with Gasteiger partial charge in [-0.25, -0.2) is 4.79 Å². The van der Waals surface area contributed by atoms with Crippen molar-refractivity contribution in [2.45, 2.75) is 13.0 Å². The van der Waals surface area contributed by atoms with E-state index in [0.29, 0.717) is 5.56 Å². The third-order valence-corrected chi connectivity index (χ3v) is 2.53. The SMILES string of the molecule is C[C@H](OC(=O)/C=C/c1ccc(C#N)cc1)C(=O)N(C)C. The number of amides is 1. The van der Waals surface area contributed by atoms with E-state index in [4.69, 9.17) is 10.00 Å². The van der Waals surface area contributed by atoms with Gasteiger partial charge in [0.2, 0.25) is 0 Å². The van der Waals surface area contributed by atoms with E-state index in [0.717, 1.165) is 5.56 Å². The Labute approximate surface area is 118 Å². The first-order chi connectivity index (χ1) is 9.43. The second-order valence-electron chi connectivity index (χ2n) is 4.38. The van der Waals surface area contributed by atoms with Crippen molar-refractivity contribution in [3.05, 3.63) is 41.5 Å². The maximum atomic E-state index is 11.5. The Hall–Kier alpha value is -2.61. The van der Waals surface area contributed by atoms with E-state index in [2.05, 4.69) is 0 Å². The van der Waals surface area contributed by atoms with Gasteiger partial charge in [-0.15, -0.1) is 0 Å². The van der Waals surface area contributed by atoms with Crippen LogP contribution < -0.4 is 0 Å². The minimum atomic E-state index is -0.817. The van der Waals surface area contributed by atoms with E-state index in [9.17, 15) is 9.59 Å². The van der Waals surface area contributed by atoms with Crippen molar-refractivity contribution >= 4 is 18.0 Å². The highest BCUT2D eigenvalue weighted by atomic mass is 16.5. The molecule has 1 amide bonds. The normalized spacial score (nSPS) is 11.7. The highest BCUT2D eigenvalue weighted by Crippen LogP contribution is 2.06. The number of likely N-dealkylation sites (N-methyl/N-ethyl adjacent to an activating group) is 1. The molecular weight excluding hydrogens is 256 g/mol. The lowest BCUT2D eigenvalue weighted by atomic mass is 10.1. The summed E-state index contributed by atoms with van der Waals surface area (Å²) in [5.41, 5.74) is 1.32. The van der Waals surface area contributed by atoms with Gasteiger partial charge in [0.15, 0.2) is 6.10 Å². The van der Waals surface area contributed by atoms with Crippen molar-refractivity contribution in [3.8, 4) is 6.07 Å². The summed E-state index contributed by atoms with van der Waals surface area (Å²) in [5.74, 6) is -0.859. The van der Waals surface area contributed by atoms with Crippen molar-refractivity contribution in [1.29, 1.82) is 5.26 Å². The third kappa shape index (κ3) is 4.58. The van der Waals surface area contributed by atoms with E-state index in [-0.39, 0.29) is 5.91 Å². The highest BCUT2D eigenvalue weighted by molar-refractivity contribution is 5.90. The molecule has 0 fully saturated rings. The first-order valence-electron chi connectivity index (χ1n) is 6.04. The number of nitrogens with zero attached hydrogens (tertiary/aromatic N) is 2. The number of ether oxygens (including phenoxy) is 1. The molecule has 1 aromatic rings. The lowest BCUT2D eigenvalue weighted by Gasteiger charge is -2.16. The average Bonchev–Trinajstić information content (AvgIpc) is 2.44. The van der Waals surface area contributed by atoms with Gasteiger partial charge in [-0.2, -0.15) is 5.26 Å². The first-order valence-corrected chi connectivity index (χ1v) is 6.04. The van der Waals surface area contributed by atoms with Crippen molar-refractivity contribution in [2.75, 3.05) is 14.1 Å². The molecule has 0 heterocycles. The molecule has 0 N–H and O–H groups in total. The molecule has 20 heavy (non-hydrogen) atoms. The van der Waals surface area contributed by atoms with Gasteiger partial charge in [-0.3, -0.25) is 4.79 Å². The van der Waals surface area contributed by atoms with Crippen LogP contribution in [0.15, 0.2) is 30.3 Å². The Kier molecular flexibility index (Phi) is 5.48. The molecule has 1 aromatic carbocycles. The van der Waals surface area contributed by atoms with Gasteiger partial charge in [0, 0.05) is 20.2 Å². The van der Waals surface area contributed by atoms with E-state index in [1.807, 2.05) is 6.07 Å². The zero-order chi connectivity index (χ0) is 15.1. The number of hydrogen-bond acceptors (Lipinski definition) is 4. The summed E-state index contributed by atoms with van der Waals surface area (Å²) in [6.45, 7) is 1.52. The van der Waals surface area contributed by atoms with Crippen LogP contribution in [0.4, 0.5) is 0 Å². The number of esters is 1. The molecule has 0 saturated heterocycles. The number of carbonyl (C=O) groups is 2. The van der Waals surface area contributed by atoms with Crippen molar-refractivity contribution in [2.24, 2.45) is 0 Å². The molecule has 0 aliphatic carbocycles. The quantitative estimate of drug-likeness (QED) is 0.616. The predicted octanol–water partition coefficient (Wildman–Crippen LogP) is 1.59. The van der Waals surface area contributed by atoms with Gasteiger partial charge in [0.1, 0.15) is 0 Å². The van der Waals surface area contributed by atoms with Crippen LogP contribution in [0, 0.1) is 11.3 Å². The lowest BCUT2D eigenvalue weighted by Crippen LogP contribution is -2.34. The summed E-state index contributed by atoms with van der Waals surface area (Å²) in [4.78, 5) is 24.4.